The Hall–Kier alpha value is -2.25. The monoisotopic (exact) mass is 263 g/mol. The van der Waals surface area contributed by atoms with Crippen molar-refractivity contribution in [3.8, 4) is 0 Å². The van der Waals surface area contributed by atoms with Crippen LogP contribution < -0.4 is 0 Å². The van der Waals surface area contributed by atoms with Crippen LogP contribution in [0.2, 0.25) is 0 Å². The lowest BCUT2D eigenvalue weighted by Gasteiger charge is -2.04. The van der Waals surface area contributed by atoms with E-state index < -0.39 is 5.97 Å². The zero-order valence-electron chi connectivity index (χ0n) is 10.4. The molecule has 8 nitrogen and oxygen atoms in total. The first-order valence-electron chi connectivity index (χ1n) is 6.15. The van der Waals surface area contributed by atoms with Gasteiger partial charge in [-0.25, -0.2) is 9.48 Å². The Morgan fingerprint density at radius 1 is 1.58 bits per heavy atom. The quantitative estimate of drug-likeness (QED) is 0.735. The van der Waals surface area contributed by atoms with E-state index in [9.17, 15) is 4.79 Å². The van der Waals surface area contributed by atoms with Crippen LogP contribution in [0.4, 0.5) is 0 Å². The molecule has 2 aromatic heterocycles. The summed E-state index contributed by atoms with van der Waals surface area (Å²) in [5, 5.41) is 11.7. The number of aromatic nitrogens is 5. The van der Waals surface area contributed by atoms with E-state index >= 15 is 0 Å². The molecule has 0 aliphatic heterocycles. The standard InChI is InChI=1S/C11H13N5O3/c1-2-18-11(17)9-10(7-3-4-7)16(15-13-9)5-8-12-6-19-14-8/h6-7H,2-5H2,1H3. The molecule has 3 rings (SSSR count). The molecule has 1 fully saturated rings. The van der Waals surface area contributed by atoms with Crippen LogP contribution in [-0.2, 0) is 11.3 Å². The van der Waals surface area contributed by atoms with E-state index in [-0.39, 0.29) is 0 Å². The van der Waals surface area contributed by atoms with Crippen LogP contribution in [0.25, 0.3) is 0 Å². The van der Waals surface area contributed by atoms with E-state index in [1.807, 2.05) is 0 Å². The molecule has 1 saturated carbocycles. The molecule has 2 heterocycles. The Kier molecular flexibility index (Phi) is 2.98. The van der Waals surface area contributed by atoms with Gasteiger partial charge in [0.15, 0.2) is 11.5 Å². The van der Waals surface area contributed by atoms with Gasteiger partial charge in [-0.3, -0.25) is 0 Å². The minimum atomic E-state index is -0.427. The first-order chi connectivity index (χ1) is 9.29. The highest BCUT2D eigenvalue weighted by Gasteiger charge is 2.34. The lowest BCUT2D eigenvalue weighted by molar-refractivity contribution is 0.0518. The van der Waals surface area contributed by atoms with Gasteiger partial charge < -0.3 is 9.26 Å². The molecule has 0 bridgehead atoms. The summed E-state index contributed by atoms with van der Waals surface area (Å²) < 4.78 is 11.3. The van der Waals surface area contributed by atoms with Crippen LogP contribution in [0.5, 0.6) is 0 Å². The minimum Gasteiger partial charge on any atom is -0.461 e. The van der Waals surface area contributed by atoms with E-state index in [4.69, 9.17) is 4.74 Å². The van der Waals surface area contributed by atoms with Crippen LogP contribution >= 0.6 is 0 Å². The highest BCUT2D eigenvalue weighted by atomic mass is 16.5. The third-order valence-electron chi connectivity index (χ3n) is 2.90. The molecule has 2 aromatic rings. The number of carbonyl (C=O) groups is 1. The molecule has 0 saturated heterocycles. The molecule has 0 atom stereocenters. The van der Waals surface area contributed by atoms with Crippen molar-refractivity contribution in [2.45, 2.75) is 32.2 Å². The van der Waals surface area contributed by atoms with Gasteiger partial charge in [-0.05, 0) is 19.8 Å². The van der Waals surface area contributed by atoms with Crippen molar-refractivity contribution in [2.24, 2.45) is 0 Å². The number of hydrogen-bond donors (Lipinski definition) is 0. The number of esters is 1. The third-order valence-corrected chi connectivity index (χ3v) is 2.90. The lowest BCUT2D eigenvalue weighted by atomic mass is 10.2. The van der Waals surface area contributed by atoms with E-state index in [0.29, 0.717) is 30.6 Å². The third kappa shape index (κ3) is 2.33. The van der Waals surface area contributed by atoms with Crippen molar-refractivity contribution in [1.29, 1.82) is 0 Å². The van der Waals surface area contributed by atoms with Crippen molar-refractivity contribution in [3.05, 3.63) is 23.6 Å². The number of hydrogen-bond acceptors (Lipinski definition) is 7. The van der Waals surface area contributed by atoms with E-state index in [1.54, 1.807) is 11.6 Å². The summed E-state index contributed by atoms with van der Waals surface area (Å²) in [5.74, 6) is 0.396. The second-order valence-electron chi connectivity index (χ2n) is 4.32. The van der Waals surface area contributed by atoms with Gasteiger partial charge in [0.1, 0.15) is 6.54 Å². The van der Waals surface area contributed by atoms with E-state index in [1.165, 1.54) is 6.39 Å². The molecule has 8 heteroatoms. The lowest BCUT2D eigenvalue weighted by Crippen LogP contribution is -2.11. The summed E-state index contributed by atoms with van der Waals surface area (Å²) in [4.78, 5) is 15.8. The Labute approximate surface area is 108 Å². The zero-order valence-corrected chi connectivity index (χ0v) is 10.4. The molecule has 1 aliphatic carbocycles. The van der Waals surface area contributed by atoms with Gasteiger partial charge in [0.2, 0.25) is 6.39 Å². The van der Waals surface area contributed by atoms with Crippen molar-refractivity contribution in [1.82, 2.24) is 25.1 Å². The molecular formula is C11H13N5O3. The van der Waals surface area contributed by atoms with Crippen LogP contribution in [0, 0.1) is 0 Å². The average Bonchev–Trinajstić information content (AvgIpc) is 2.95. The molecule has 0 radical (unpaired) electrons. The fraction of sp³-hybridized carbons (Fsp3) is 0.545. The molecule has 1 aliphatic rings. The largest absolute Gasteiger partial charge is 0.461 e. The van der Waals surface area contributed by atoms with Crippen LogP contribution in [0.1, 0.15) is 47.7 Å². The Morgan fingerprint density at radius 3 is 3.05 bits per heavy atom. The minimum absolute atomic E-state index is 0.299. The van der Waals surface area contributed by atoms with Gasteiger partial charge >= 0.3 is 5.97 Å². The van der Waals surface area contributed by atoms with Crippen molar-refractivity contribution in [2.75, 3.05) is 6.61 Å². The van der Waals surface area contributed by atoms with Crippen LogP contribution in [0.3, 0.4) is 0 Å². The molecule has 0 unspecified atom stereocenters. The topological polar surface area (TPSA) is 95.9 Å². The summed E-state index contributed by atoms with van der Waals surface area (Å²) in [6, 6.07) is 0. The fourth-order valence-corrected chi connectivity index (χ4v) is 1.94. The molecule has 0 N–H and O–H groups in total. The first kappa shape index (κ1) is 11.8. The normalized spacial score (nSPS) is 14.6. The summed E-state index contributed by atoms with van der Waals surface area (Å²) in [6.07, 6.45) is 3.33. The Bertz CT molecular complexity index is 573. The summed E-state index contributed by atoms with van der Waals surface area (Å²) >= 11 is 0. The zero-order chi connectivity index (χ0) is 13.2. The Balaban J connectivity index is 1.90. The van der Waals surface area contributed by atoms with E-state index in [0.717, 1.165) is 18.5 Å². The molecule has 0 aromatic carbocycles. The predicted octanol–water partition coefficient (Wildman–Crippen LogP) is 0.763. The molecule has 0 amide bonds. The van der Waals surface area contributed by atoms with Gasteiger partial charge in [-0.2, -0.15) is 4.98 Å². The van der Waals surface area contributed by atoms with Gasteiger partial charge in [0.05, 0.1) is 12.3 Å². The second-order valence-corrected chi connectivity index (χ2v) is 4.32. The average molecular weight is 263 g/mol. The highest BCUT2D eigenvalue weighted by Crippen LogP contribution is 2.41. The van der Waals surface area contributed by atoms with Crippen molar-refractivity contribution in [3.63, 3.8) is 0 Å². The number of ether oxygens (including phenoxy) is 1. The first-order valence-corrected chi connectivity index (χ1v) is 6.15. The molecule has 0 spiro atoms. The van der Waals surface area contributed by atoms with Gasteiger partial charge in [0, 0.05) is 5.92 Å². The van der Waals surface area contributed by atoms with Crippen molar-refractivity contribution < 1.29 is 14.1 Å². The van der Waals surface area contributed by atoms with Crippen LogP contribution in [-0.4, -0.2) is 37.7 Å². The molecule has 19 heavy (non-hydrogen) atoms. The van der Waals surface area contributed by atoms with Gasteiger partial charge in [-0.1, -0.05) is 10.4 Å². The van der Waals surface area contributed by atoms with Crippen molar-refractivity contribution >= 4 is 5.97 Å². The maximum absolute atomic E-state index is 11.8. The fourth-order valence-electron chi connectivity index (χ4n) is 1.94. The van der Waals surface area contributed by atoms with Crippen LogP contribution in [0.15, 0.2) is 10.9 Å². The highest BCUT2D eigenvalue weighted by molar-refractivity contribution is 5.88. The maximum Gasteiger partial charge on any atom is 0.360 e. The number of nitrogens with zero attached hydrogens (tertiary/aromatic N) is 5. The molecule has 100 valence electrons. The summed E-state index contributed by atoms with van der Waals surface area (Å²) in [6.45, 7) is 2.42. The number of rotatable bonds is 5. The SMILES string of the molecule is CCOC(=O)c1nnn(Cc2ncon2)c1C1CC1. The Morgan fingerprint density at radius 2 is 2.42 bits per heavy atom. The molecular weight excluding hydrogens is 250 g/mol. The predicted molar refractivity (Wildman–Crippen MR) is 61.4 cm³/mol. The van der Waals surface area contributed by atoms with E-state index in [2.05, 4.69) is 25.0 Å². The number of carbonyl (C=O) groups excluding carboxylic acids is 1. The van der Waals surface area contributed by atoms with Gasteiger partial charge in [-0.15, -0.1) is 5.10 Å². The second kappa shape index (κ2) is 4.79. The summed E-state index contributed by atoms with van der Waals surface area (Å²) in [5.41, 5.74) is 1.11. The smallest absolute Gasteiger partial charge is 0.360 e. The van der Waals surface area contributed by atoms with Gasteiger partial charge in [0.25, 0.3) is 0 Å². The maximum atomic E-state index is 11.8. The summed E-state index contributed by atoms with van der Waals surface area (Å²) in [7, 11) is 0.